The van der Waals surface area contributed by atoms with E-state index in [1.165, 1.54) is 12.2 Å². The molecule has 1 unspecified atom stereocenters. The molecule has 1 saturated heterocycles. The van der Waals surface area contributed by atoms with Gasteiger partial charge < -0.3 is 5.73 Å². The predicted octanol–water partition coefficient (Wildman–Crippen LogP) is 1.10. The standard InChI is InChI=1S/C8H16N2S2/c1-2-7-5-10(3-4-12-7)6-8(9)11/h7H,2-6H2,1H3,(H2,9,11). The number of nitrogens with zero attached hydrogens (tertiary/aromatic N) is 1. The molecule has 1 atom stereocenters. The van der Waals surface area contributed by atoms with Crippen molar-refractivity contribution in [1.82, 2.24) is 4.90 Å². The van der Waals surface area contributed by atoms with Crippen LogP contribution in [0.1, 0.15) is 13.3 Å². The summed E-state index contributed by atoms with van der Waals surface area (Å²) < 4.78 is 0. The van der Waals surface area contributed by atoms with Gasteiger partial charge in [-0.05, 0) is 6.42 Å². The first-order valence-electron chi connectivity index (χ1n) is 4.34. The van der Waals surface area contributed by atoms with Gasteiger partial charge >= 0.3 is 0 Å². The Morgan fingerprint density at radius 1 is 1.75 bits per heavy atom. The molecule has 0 saturated carbocycles. The molecular formula is C8H16N2S2. The van der Waals surface area contributed by atoms with Crippen molar-refractivity contribution in [3.05, 3.63) is 0 Å². The summed E-state index contributed by atoms with van der Waals surface area (Å²) in [5.74, 6) is 1.22. The Balaban J connectivity index is 2.30. The van der Waals surface area contributed by atoms with Gasteiger partial charge in [-0.25, -0.2) is 0 Å². The third kappa shape index (κ3) is 3.29. The lowest BCUT2D eigenvalue weighted by molar-refractivity contribution is 0.320. The second-order valence-corrected chi connectivity index (χ2v) is 5.04. The minimum atomic E-state index is 0.622. The van der Waals surface area contributed by atoms with Crippen LogP contribution in [0.4, 0.5) is 0 Å². The van der Waals surface area contributed by atoms with E-state index in [2.05, 4.69) is 23.6 Å². The first-order valence-corrected chi connectivity index (χ1v) is 5.80. The van der Waals surface area contributed by atoms with Crippen molar-refractivity contribution in [2.45, 2.75) is 18.6 Å². The Kier molecular flexibility index (Phi) is 4.32. The van der Waals surface area contributed by atoms with Crippen LogP contribution in [0, 0.1) is 0 Å². The Hall–Kier alpha value is 0.200. The van der Waals surface area contributed by atoms with Crippen molar-refractivity contribution in [3.63, 3.8) is 0 Å². The van der Waals surface area contributed by atoms with E-state index in [0.717, 1.165) is 24.9 Å². The van der Waals surface area contributed by atoms with Gasteiger partial charge in [-0.1, -0.05) is 19.1 Å². The molecule has 2 nitrogen and oxygen atoms in total. The molecule has 1 aliphatic heterocycles. The molecule has 12 heavy (non-hydrogen) atoms. The highest BCUT2D eigenvalue weighted by Gasteiger charge is 2.18. The van der Waals surface area contributed by atoms with Crippen LogP contribution in [-0.2, 0) is 0 Å². The minimum Gasteiger partial charge on any atom is -0.392 e. The zero-order chi connectivity index (χ0) is 8.97. The molecule has 1 fully saturated rings. The fourth-order valence-corrected chi connectivity index (χ4v) is 2.82. The smallest absolute Gasteiger partial charge is 0.0870 e. The van der Waals surface area contributed by atoms with Gasteiger partial charge in [0.2, 0.25) is 0 Å². The summed E-state index contributed by atoms with van der Waals surface area (Å²) in [6.07, 6.45) is 1.25. The normalized spacial score (nSPS) is 25.6. The summed E-state index contributed by atoms with van der Waals surface area (Å²) in [5, 5.41) is 0.785. The third-order valence-corrected chi connectivity index (χ3v) is 3.56. The molecule has 4 heteroatoms. The van der Waals surface area contributed by atoms with Crippen LogP contribution in [0.5, 0.6) is 0 Å². The molecule has 1 rings (SSSR count). The van der Waals surface area contributed by atoms with Crippen molar-refractivity contribution < 1.29 is 0 Å². The molecule has 0 radical (unpaired) electrons. The second-order valence-electron chi connectivity index (χ2n) is 3.10. The van der Waals surface area contributed by atoms with Crippen molar-refractivity contribution >= 4 is 29.0 Å². The highest BCUT2D eigenvalue weighted by atomic mass is 32.2. The van der Waals surface area contributed by atoms with Crippen LogP contribution in [-0.4, -0.2) is 40.5 Å². The van der Waals surface area contributed by atoms with Crippen LogP contribution in [0.3, 0.4) is 0 Å². The first-order chi connectivity index (χ1) is 5.72. The molecule has 0 aromatic carbocycles. The van der Waals surface area contributed by atoms with E-state index in [1.807, 2.05) is 0 Å². The average Bonchev–Trinajstić information content (AvgIpc) is 2.03. The lowest BCUT2D eigenvalue weighted by Crippen LogP contribution is -2.41. The molecule has 0 bridgehead atoms. The number of rotatable bonds is 3. The summed E-state index contributed by atoms with van der Waals surface area (Å²) in [5.41, 5.74) is 5.49. The van der Waals surface area contributed by atoms with Gasteiger partial charge in [0, 0.05) is 30.6 Å². The van der Waals surface area contributed by atoms with Crippen molar-refractivity contribution in [2.24, 2.45) is 5.73 Å². The molecule has 0 amide bonds. The SMILES string of the molecule is CCC1CN(CC(N)=S)CCS1. The highest BCUT2D eigenvalue weighted by Crippen LogP contribution is 2.20. The van der Waals surface area contributed by atoms with Crippen molar-refractivity contribution in [3.8, 4) is 0 Å². The summed E-state index contributed by atoms with van der Waals surface area (Å²) in [4.78, 5) is 2.98. The molecule has 0 aromatic rings. The van der Waals surface area contributed by atoms with E-state index in [0.29, 0.717) is 4.99 Å². The van der Waals surface area contributed by atoms with Crippen LogP contribution in [0.15, 0.2) is 0 Å². The van der Waals surface area contributed by atoms with Crippen LogP contribution < -0.4 is 5.73 Å². The number of hydrogen-bond donors (Lipinski definition) is 1. The number of hydrogen-bond acceptors (Lipinski definition) is 3. The van der Waals surface area contributed by atoms with E-state index >= 15 is 0 Å². The van der Waals surface area contributed by atoms with Crippen molar-refractivity contribution in [1.29, 1.82) is 0 Å². The number of thiocarbonyl (C=S) groups is 1. The summed E-state index contributed by atoms with van der Waals surface area (Å²) >= 11 is 6.95. The van der Waals surface area contributed by atoms with Gasteiger partial charge in [-0.2, -0.15) is 11.8 Å². The van der Waals surface area contributed by atoms with Gasteiger partial charge in [0.25, 0.3) is 0 Å². The molecule has 2 N–H and O–H groups in total. The molecule has 1 heterocycles. The molecule has 0 aliphatic carbocycles. The highest BCUT2D eigenvalue weighted by molar-refractivity contribution is 8.00. The van der Waals surface area contributed by atoms with E-state index in [4.69, 9.17) is 18.0 Å². The molecule has 0 aromatic heterocycles. The van der Waals surface area contributed by atoms with E-state index < -0.39 is 0 Å². The van der Waals surface area contributed by atoms with Crippen molar-refractivity contribution in [2.75, 3.05) is 25.4 Å². The maximum atomic E-state index is 5.49. The molecule has 0 spiro atoms. The minimum absolute atomic E-state index is 0.622. The fraction of sp³-hybridized carbons (Fsp3) is 0.875. The van der Waals surface area contributed by atoms with Gasteiger partial charge in [-0.3, -0.25) is 4.90 Å². The summed E-state index contributed by atoms with van der Waals surface area (Å²) in [6, 6.07) is 0. The van der Waals surface area contributed by atoms with Gasteiger partial charge in [0.1, 0.15) is 0 Å². The number of thioether (sulfide) groups is 1. The molecular weight excluding hydrogens is 188 g/mol. The van der Waals surface area contributed by atoms with E-state index in [1.54, 1.807) is 0 Å². The molecule has 1 aliphatic rings. The fourth-order valence-electron chi connectivity index (χ4n) is 1.39. The van der Waals surface area contributed by atoms with Crippen LogP contribution in [0.2, 0.25) is 0 Å². The third-order valence-electron chi connectivity index (χ3n) is 2.06. The van der Waals surface area contributed by atoms with Gasteiger partial charge in [-0.15, -0.1) is 0 Å². The summed E-state index contributed by atoms with van der Waals surface area (Å²) in [7, 11) is 0. The van der Waals surface area contributed by atoms with Gasteiger partial charge in [0.05, 0.1) is 4.99 Å². The molecule has 70 valence electrons. The largest absolute Gasteiger partial charge is 0.392 e. The quantitative estimate of drug-likeness (QED) is 0.697. The summed E-state index contributed by atoms with van der Waals surface area (Å²) in [6.45, 7) is 5.32. The van der Waals surface area contributed by atoms with Crippen LogP contribution in [0.25, 0.3) is 0 Å². The second kappa shape index (κ2) is 5.04. The van der Waals surface area contributed by atoms with Gasteiger partial charge in [0.15, 0.2) is 0 Å². The van der Waals surface area contributed by atoms with E-state index in [9.17, 15) is 0 Å². The zero-order valence-corrected chi connectivity index (χ0v) is 9.09. The lowest BCUT2D eigenvalue weighted by Gasteiger charge is -2.31. The Morgan fingerprint density at radius 2 is 2.50 bits per heavy atom. The lowest BCUT2D eigenvalue weighted by atomic mass is 10.3. The zero-order valence-electron chi connectivity index (χ0n) is 7.45. The topological polar surface area (TPSA) is 29.3 Å². The number of nitrogens with two attached hydrogens (primary N) is 1. The predicted molar refractivity (Wildman–Crippen MR) is 59.8 cm³/mol. The monoisotopic (exact) mass is 204 g/mol. The Morgan fingerprint density at radius 3 is 3.08 bits per heavy atom. The Labute approximate surface area is 83.9 Å². The first kappa shape index (κ1) is 10.3. The Bertz CT molecular complexity index is 161. The van der Waals surface area contributed by atoms with Crippen LogP contribution >= 0.6 is 24.0 Å². The van der Waals surface area contributed by atoms with E-state index in [-0.39, 0.29) is 0 Å². The average molecular weight is 204 g/mol. The maximum Gasteiger partial charge on any atom is 0.0870 e. The maximum absolute atomic E-state index is 5.49.